The van der Waals surface area contributed by atoms with Gasteiger partial charge in [-0.2, -0.15) is 5.10 Å². The topological polar surface area (TPSA) is 81.1 Å². The first-order valence-corrected chi connectivity index (χ1v) is 11.3. The number of hydrogen-bond donors (Lipinski definition) is 0. The van der Waals surface area contributed by atoms with Crippen molar-refractivity contribution >= 4 is 52.4 Å². The van der Waals surface area contributed by atoms with E-state index in [4.69, 9.17) is 44.3 Å². The number of benzene rings is 2. The molecule has 1 aromatic heterocycles. The van der Waals surface area contributed by atoms with E-state index in [2.05, 4.69) is 10.1 Å². The molecule has 1 amide bonds. The lowest BCUT2D eigenvalue weighted by Crippen LogP contribution is -2.31. The predicted molar refractivity (Wildman–Crippen MR) is 130 cm³/mol. The molecule has 3 aromatic rings. The Hall–Kier alpha value is -3.13. The third-order valence-electron chi connectivity index (χ3n) is 5.21. The lowest BCUT2D eigenvalue weighted by atomic mass is 9.98. The van der Waals surface area contributed by atoms with Gasteiger partial charge in [-0.3, -0.25) is 4.79 Å². The second-order valence-corrected chi connectivity index (χ2v) is 8.47. The Labute approximate surface area is 210 Å². The second-order valence-electron chi connectivity index (χ2n) is 7.30. The zero-order valence-corrected chi connectivity index (χ0v) is 20.1. The molecule has 0 N–H and O–H groups in total. The Morgan fingerprint density at radius 2 is 1.74 bits per heavy atom. The maximum atomic E-state index is 13.1. The average molecular weight is 519 g/mol. The Bertz CT molecular complexity index is 1250. The van der Waals surface area contributed by atoms with E-state index < -0.39 is 18.5 Å². The highest BCUT2D eigenvalue weighted by molar-refractivity contribution is 6.48. The van der Waals surface area contributed by atoms with Gasteiger partial charge in [-0.1, -0.05) is 77.3 Å². The molecule has 1 aliphatic rings. The van der Waals surface area contributed by atoms with Gasteiger partial charge in [0, 0.05) is 12.6 Å². The number of ether oxygens (including phenoxy) is 2. The third kappa shape index (κ3) is 5.01. The SMILES string of the molecule is COc1ccc(C2CC(c3ccccc3)=NN2C(=O)COC(=O)c2ncc(Cl)c(Cl)c2Cl)cc1. The van der Waals surface area contributed by atoms with Crippen molar-refractivity contribution in [2.24, 2.45) is 5.10 Å². The highest BCUT2D eigenvalue weighted by Crippen LogP contribution is 2.34. The zero-order chi connectivity index (χ0) is 24.2. The summed E-state index contributed by atoms with van der Waals surface area (Å²) in [7, 11) is 1.58. The number of hydrogen-bond acceptors (Lipinski definition) is 6. The van der Waals surface area contributed by atoms with Gasteiger partial charge in [0.05, 0.1) is 33.9 Å². The molecule has 7 nitrogen and oxygen atoms in total. The molecule has 0 fully saturated rings. The number of nitrogens with zero attached hydrogens (tertiary/aromatic N) is 3. The Balaban J connectivity index is 1.55. The molecule has 1 aliphatic heterocycles. The Morgan fingerprint density at radius 3 is 2.41 bits per heavy atom. The number of carbonyl (C=O) groups excluding carboxylic acids is 2. The summed E-state index contributed by atoms with van der Waals surface area (Å²) in [6.45, 7) is -0.560. The molecule has 2 heterocycles. The minimum Gasteiger partial charge on any atom is -0.497 e. The molecule has 4 rings (SSSR count). The van der Waals surface area contributed by atoms with Gasteiger partial charge in [-0.25, -0.2) is 14.8 Å². The summed E-state index contributed by atoms with van der Waals surface area (Å²) in [4.78, 5) is 29.4. The van der Waals surface area contributed by atoms with Gasteiger partial charge in [0.2, 0.25) is 0 Å². The fraction of sp³-hybridized carbons (Fsp3) is 0.167. The van der Waals surface area contributed by atoms with Crippen LogP contribution in [0.2, 0.25) is 15.1 Å². The summed E-state index contributed by atoms with van der Waals surface area (Å²) in [5.74, 6) is -0.704. The molecule has 0 spiro atoms. The number of methoxy groups -OCH3 is 1. The van der Waals surface area contributed by atoms with Crippen molar-refractivity contribution in [2.75, 3.05) is 13.7 Å². The maximum Gasteiger partial charge on any atom is 0.359 e. The van der Waals surface area contributed by atoms with E-state index in [-0.39, 0.29) is 26.8 Å². The quantitative estimate of drug-likeness (QED) is 0.398. The molecule has 0 radical (unpaired) electrons. The van der Waals surface area contributed by atoms with Crippen molar-refractivity contribution in [1.29, 1.82) is 0 Å². The van der Waals surface area contributed by atoms with Crippen LogP contribution in [0.1, 0.15) is 34.1 Å². The molecule has 0 saturated heterocycles. The first-order valence-electron chi connectivity index (χ1n) is 10.1. The summed E-state index contributed by atoms with van der Waals surface area (Å²) in [5, 5.41) is 5.82. The fourth-order valence-electron chi connectivity index (χ4n) is 3.48. The number of esters is 1. The summed E-state index contributed by atoms with van der Waals surface area (Å²) >= 11 is 17.9. The number of rotatable bonds is 6. The van der Waals surface area contributed by atoms with Crippen LogP contribution in [0, 0.1) is 0 Å². The average Bonchev–Trinajstić information content (AvgIpc) is 3.32. The number of halogens is 3. The van der Waals surface area contributed by atoms with Crippen molar-refractivity contribution in [3.63, 3.8) is 0 Å². The monoisotopic (exact) mass is 517 g/mol. The van der Waals surface area contributed by atoms with Gasteiger partial charge in [0.15, 0.2) is 12.3 Å². The van der Waals surface area contributed by atoms with Crippen LogP contribution in [0.25, 0.3) is 0 Å². The number of carbonyl (C=O) groups is 2. The standard InChI is InChI=1S/C24H18Cl3N3O4/c1-33-16-9-7-15(8-10-16)19-11-18(14-5-3-2-4-6-14)29-30(19)20(31)13-34-24(32)23-22(27)21(26)17(25)12-28-23/h2-10,12,19H,11,13H2,1H3. The van der Waals surface area contributed by atoms with E-state index in [0.29, 0.717) is 12.2 Å². The molecule has 0 saturated carbocycles. The largest absolute Gasteiger partial charge is 0.497 e. The molecule has 10 heteroatoms. The highest BCUT2D eigenvalue weighted by atomic mass is 35.5. The van der Waals surface area contributed by atoms with Crippen LogP contribution in [0.3, 0.4) is 0 Å². The lowest BCUT2D eigenvalue weighted by molar-refractivity contribution is -0.136. The summed E-state index contributed by atoms with van der Waals surface area (Å²) in [5.41, 5.74) is 2.28. The van der Waals surface area contributed by atoms with Crippen LogP contribution in [0.5, 0.6) is 5.75 Å². The van der Waals surface area contributed by atoms with E-state index in [0.717, 1.165) is 16.8 Å². The fourth-order valence-corrected chi connectivity index (χ4v) is 4.04. The van der Waals surface area contributed by atoms with E-state index in [1.807, 2.05) is 54.6 Å². The molecule has 1 unspecified atom stereocenters. The van der Waals surface area contributed by atoms with Crippen LogP contribution in [0.4, 0.5) is 0 Å². The van der Waals surface area contributed by atoms with Crippen LogP contribution < -0.4 is 4.74 Å². The minimum atomic E-state index is -0.899. The van der Waals surface area contributed by atoms with Gasteiger partial charge in [-0.15, -0.1) is 0 Å². The van der Waals surface area contributed by atoms with E-state index in [1.165, 1.54) is 11.2 Å². The van der Waals surface area contributed by atoms with Crippen molar-refractivity contribution in [3.8, 4) is 5.75 Å². The van der Waals surface area contributed by atoms with E-state index in [1.54, 1.807) is 7.11 Å². The van der Waals surface area contributed by atoms with E-state index in [9.17, 15) is 9.59 Å². The third-order valence-corrected chi connectivity index (χ3v) is 6.45. The van der Waals surface area contributed by atoms with Crippen molar-refractivity contribution < 1.29 is 19.1 Å². The molecule has 1 atom stereocenters. The van der Waals surface area contributed by atoms with Gasteiger partial charge < -0.3 is 9.47 Å². The summed E-state index contributed by atoms with van der Waals surface area (Å²) in [6.07, 6.45) is 1.68. The Kier molecular flexibility index (Phi) is 7.36. The first kappa shape index (κ1) is 24.0. The first-order chi connectivity index (χ1) is 16.4. The van der Waals surface area contributed by atoms with E-state index >= 15 is 0 Å². The normalized spacial score (nSPS) is 15.1. The van der Waals surface area contributed by atoms with Crippen LogP contribution in [0.15, 0.2) is 65.9 Å². The molecule has 2 aromatic carbocycles. The van der Waals surface area contributed by atoms with Gasteiger partial charge in [0.1, 0.15) is 5.75 Å². The maximum absolute atomic E-state index is 13.1. The minimum absolute atomic E-state index is 0.0205. The molecule has 34 heavy (non-hydrogen) atoms. The van der Waals surface area contributed by atoms with Gasteiger partial charge in [-0.05, 0) is 23.3 Å². The number of hydrazone groups is 1. The summed E-state index contributed by atoms with van der Waals surface area (Å²) < 4.78 is 10.4. The molecule has 174 valence electrons. The Morgan fingerprint density at radius 1 is 1.03 bits per heavy atom. The summed E-state index contributed by atoms with van der Waals surface area (Å²) in [6, 6.07) is 16.6. The lowest BCUT2D eigenvalue weighted by Gasteiger charge is -2.22. The molecular weight excluding hydrogens is 501 g/mol. The van der Waals surface area contributed by atoms with Gasteiger partial charge in [0.25, 0.3) is 5.91 Å². The zero-order valence-electron chi connectivity index (χ0n) is 17.9. The highest BCUT2D eigenvalue weighted by Gasteiger charge is 2.34. The predicted octanol–water partition coefficient (Wildman–Crippen LogP) is 5.59. The molecular formula is C24H18Cl3N3O4. The molecule has 0 bridgehead atoms. The number of amides is 1. The second kappa shape index (κ2) is 10.4. The smallest absolute Gasteiger partial charge is 0.359 e. The van der Waals surface area contributed by atoms with Crippen LogP contribution >= 0.6 is 34.8 Å². The number of aromatic nitrogens is 1. The van der Waals surface area contributed by atoms with Gasteiger partial charge >= 0.3 is 5.97 Å². The van der Waals surface area contributed by atoms with Crippen molar-refractivity contribution in [3.05, 3.63) is 92.7 Å². The van der Waals surface area contributed by atoms with Crippen LogP contribution in [-0.4, -0.2) is 41.3 Å². The number of pyridine rings is 1. The van der Waals surface area contributed by atoms with Crippen molar-refractivity contribution in [1.82, 2.24) is 9.99 Å². The van der Waals surface area contributed by atoms with Crippen LogP contribution in [-0.2, 0) is 9.53 Å². The molecule has 0 aliphatic carbocycles. The van der Waals surface area contributed by atoms with Crippen molar-refractivity contribution in [2.45, 2.75) is 12.5 Å².